The molecule has 4 heterocycles. The molecule has 2 aliphatic carbocycles. The van der Waals surface area contributed by atoms with Crippen LogP contribution in [0, 0.1) is 0 Å². The normalized spacial score (nSPS) is 22.8. The maximum absolute atomic E-state index is 9.26. The summed E-state index contributed by atoms with van der Waals surface area (Å²) in [6, 6.07) is 15.4. The number of phenols is 1. The van der Waals surface area contributed by atoms with Gasteiger partial charge in [-0.3, -0.25) is 0 Å². The van der Waals surface area contributed by atoms with Crippen molar-refractivity contribution in [3.8, 4) is 11.5 Å². The average molecular weight is 775 g/mol. The fourth-order valence-electron chi connectivity index (χ4n) is 8.86. The van der Waals surface area contributed by atoms with Crippen LogP contribution in [0.25, 0.3) is 0 Å². The van der Waals surface area contributed by atoms with Crippen molar-refractivity contribution in [3.05, 3.63) is 59.7 Å². The van der Waals surface area contributed by atoms with E-state index < -0.39 is 0 Å². The van der Waals surface area contributed by atoms with Gasteiger partial charge in [0.15, 0.2) is 0 Å². The number of aliphatic hydroxyl groups is 1. The molecule has 9 heteroatoms. The van der Waals surface area contributed by atoms with Gasteiger partial charge in [-0.05, 0) is 153 Å². The Balaban J connectivity index is 0.000000177. The fraction of sp³-hybridized carbons (Fsp3) is 0.702. The Labute approximate surface area is 338 Å². The number of aliphatic hydroxyl groups excluding tert-OH is 1. The lowest BCUT2D eigenvalue weighted by molar-refractivity contribution is 0.146. The number of nitrogens with zero attached hydrogens (tertiary/aromatic N) is 4. The highest BCUT2D eigenvalue weighted by molar-refractivity contribution is 5.96. The molecule has 2 aromatic carbocycles. The highest BCUT2D eigenvalue weighted by Crippen LogP contribution is 2.37. The Bertz CT molecular complexity index is 1470. The van der Waals surface area contributed by atoms with Crippen LogP contribution in [0.2, 0.25) is 0 Å². The smallest absolute Gasteiger partial charge is 0.216 e. The van der Waals surface area contributed by atoms with Gasteiger partial charge in [-0.15, -0.1) is 0 Å². The van der Waals surface area contributed by atoms with E-state index in [1.54, 1.807) is 12.1 Å². The number of ether oxygens (including phenoxy) is 3. The molecular weight excluding hydrogens is 701 g/mol. The number of piperidine rings is 2. The standard InChI is InChI=1S/C23H34N2O2.C14H17NO2.C9H19NO.CH4/c1-19(12-17-25-15-6-3-7-16-25)27-21-10-8-20(9-11-21)22-24-23(18-26-22)13-4-2-5-14-23;16-12-6-4-11(5-7-12)13-15-14(10-17-13)8-2-1-3-9-14;1-9(11)5-8-10-6-3-2-4-7-10;/h8-11,19H,2-7,12-18H2,1H3;4-7,16H,1-3,8-10H2;9,11H,2-8H2,1H3;1H4. The Morgan fingerprint density at radius 2 is 1.02 bits per heavy atom. The number of hydrogen-bond acceptors (Lipinski definition) is 9. The average Bonchev–Trinajstić information content (AvgIpc) is 3.83. The number of aliphatic imine (C=N–C) groups is 2. The second kappa shape index (κ2) is 22.1. The van der Waals surface area contributed by atoms with Gasteiger partial charge in [0, 0.05) is 24.2 Å². The van der Waals surface area contributed by atoms with Crippen molar-refractivity contribution in [1.29, 1.82) is 0 Å². The first-order chi connectivity index (χ1) is 26.8. The van der Waals surface area contributed by atoms with Crippen LogP contribution in [0.5, 0.6) is 11.5 Å². The van der Waals surface area contributed by atoms with E-state index in [-0.39, 0.29) is 36.5 Å². The van der Waals surface area contributed by atoms with Crippen molar-refractivity contribution in [2.45, 2.75) is 160 Å². The fourth-order valence-corrected chi connectivity index (χ4v) is 8.86. The number of aromatic hydroxyl groups is 1. The maximum Gasteiger partial charge on any atom is 0.216 e. The van der Waals surface area contributed by atoms with Crippen molar-refractivity contribution in [2.24, 2.45) is 9.98 Å². The zero-order valence-corrected chi connectivity index (χ0v) is 34.1. The van der Waals surface area contributed by atoms with Crippen molar-refractivity contribution in [1.82, 2.24) is 9.80 Å². The van der Waals surface area contributed by atoms with E-state index in [1.165, 1.54) is 116 Å². The SMILES string of the molecule is C.CC(CCN1CCCCC1)Oc1ccc(C2=NC3(CCCCC3)CO2)cc1.CC(O)CCN1CCCCC1.Oc1ccc(C2=NC3(CCCCC3)CO2)cc1. The van der Waals surface area contributed by atoms with Gasteiger partial charge in [0.25, 0.3) is 0 Å². The van der Waals surface area contributed by atoms with Crippen molar-refractivity contribution < 1.29 is 24.4 Å². The molecular formula is C47H74N4O5. The van der Waals surface area contributed by atoms with Crippen molar-refractivity contribution >= 4 is 11.8 Å². The third kappa shape index (κ3) is 13.5. The quantitative estimate of drug-likeness (QED) is 0.248. The molecule has 2 spiro atoms. The zero-order chi connectivity index (χ0) is 38.4. The molecule has 6 aliphatic rings. The number of hydrogen-bond donors (Lipinski definition) is 2. The minimum absolute atomic E-state index is 0. The monoisotopic (exact) mass is 775 g/mol. The largest absolute Gasteiger partial charge is 0.508 e. The lowest BCUT2D eigenvalue weighted by atomic mass is 9.83. The Hall–Kier alpha value is -3.14. The molecule has 0 amide bonds. The minimum Gasteiger partial charge on any atom is -0.508 e. The van der Waals surface area contributed by atoms with E-state index in [2.05, 4.69) is 41.0 Å². The minimum atomic E-state index is -0.128. The van der Waals surface area contributed by atoms with Gasteiger partial charge in [-0.2, -0.15) is 0 Å². The molecule has 8 rings (SSSR count). The molecule has 2 atom stereocenters. The Morgan fingerprint density at radius 1 is 0.607 bits per heavy atom. The van der Waals surface area contributed by atoms with Crippen LogP contribution in [0.15, 0.2) is 58.5 Å². The summed E-state index contributed by atoms with van der Waals surface area (Å²) in [5, 5.41) is 18.3. The van der Waals surface area contributed by atoms with E-state index in [9.17, 15) is 5.11 Å². The second-order valence-electron chi connectivity index (χ2n) is 17.2. The topological polar surface area (TPSA) is 99.4 Å². The summed E-state index contributed by atoms with van der Waals surface area (Å²) in [5.74, 6) is 2.78. The number of benzene rings is 2. The molecule has 0 bridgehead atoms. The molecule has 2 saturated carbocycles. The molecule has 4 fully saturated rings. The summed E-state index contributed by atoms with van der Waals surface area (Å²) in [6.45, 7) is 12.7. The van der Waals surface area contributed by atoms with E-state index >= 15 is 0 Å². The van der Waals surface area contributed by atoms with E-state index in [0.717, 1.165) is 80.7 Å². The summed E-state index contributed by atoms with van der Waals surface area (Å²) in [4.78, 5) is 14.8. The van der Waals surface area contributed by atoms with Crippen LogP contribution in [0.4, 0.5) is 0 Å². The number of rotatable bonds is 10. The number of likely N-dealkylation sites (tertiary alicyclic amines) is 2. The molecule has 312 valence electrons. The Kier molecular flexibility index (Phi) is 17.4. The first-order valence-electron chi connectivity index (χ1n) is 21.9. The van der Waals surface area contributed by atoms with Crippen LogP contribution in [-0.2, 0) is 9.47 Å². The molecule has 56 heavy (non-hydrogen) atoms. The lowest BCUT2D eigenvalue weighted by Gasteiger charge is -2.27. The molecule has 4 aliphatic heterocycles. The van der Waals surface area contributed by atoms with Crippen LogP contribution in [0.1, 0.15) is 148 Å². The second-order valence-corrected chi connectivity index (χ2v) is 17.2. The van der Waals surface area contributed by atoms with Gasteiger partial charge in [0.1, 0.15) is 24.7 Å². The predicted molar refractivity (Wildman–Crippen MR) is 229 cm³/mol. The summed E-state index contributed by atoms with van der Waals surface area (Å²) in [7, 11) is 0. The first-order valence-corrected chi connectivity index (χ1v) is 21.9. The van der Waals surface area contributed by atoms with Crippen LogP contribution in [0.3, 0.4) is 0 Å². The van der Waals surface area contributed by atoms with Crippen molar-refractivity contribution in [3.63, 3.8) is 0 Å². The molecule has 2 N–H and O–H groups in total. The van der Waals surface area contributed by atoms with Gasteiger partial charge < -0.3 is 34.2 Å². The van der Waals surface area contributed by atoms with Crippen LogP contribution >= 0.6 is 0 Å². The maximum atomic E-state index is 9.26. The molecule has 2 unspecified atom stereocenters. The van der Waals surface area contributed by atoms with Gasteiger partial charge in [0.2, 0.25) is 11.8 Å². The van der Waals surface area contributed by atoms with Crippen LogP contribution < -0.4 is 4.74 Å². The highest BCUT2D eigenvalue weighted by Gasteiger charge is 2.39. The van der Waals surface area contributed by atoms with E-state index in [1.807, 2.05) is 19.1 Å². The number of phenolic OH excluding ortho intramolecular Hbond substituents is 1. The molecule has 2 aromatic rings. The third-order valence-corrected chi connectivity index (χ3v) is 12.4. The Morgan fingerprint density at radius 3 is 1.46 bits per heavy atom. The molecule has 9 nitrogen and oxygen atoms in total. The predicted octanol–water partition coefficient (Wildman–Crippen LogP) is 9.56. The van der Waals surface area contributed by atoms with Gasteiger partial charge in [0.05, 0.1) is 23.3 Å². The lowest BCUT2D eigenvalue weighted by Crippen LogP contribution is -2.32. The van der Waals surface area contributed by atoms with Gasteiger partial charge in [-0.25, -0.2) is 9.98 Å². The summed E-state index contributed by atoms with van der Waals surface area (Å²) >= 11 is 0. The summed E-state index contributed by atoms with van der Waals surface area (Å²) in [5.41, 5.74) is 2.15. The van der Waals surface area contributed by atoms with Gasteiger partial charge in [-0.1, -0.05) is 58.8 Å². The van der Waals surface area contributed by atoms with Crippen LogP contribution in [-0.4, -0.2) is 108 Å². The molecule has 0 radical (unpaired) electrons. The highest BCUT2D eigenvalue weighted by atomic mass is 16.5. The third-order valence-electron chi connectivity index (χ3n) is 12.4. The zero-order valence-electron chi connectivity index (χ0n) is 34.1. The van der Waals surface area contributed by atoms with Crippen molar-refractivity contribution in [2.75, 3.05) is 52.5 Å². The molecule has 2 saturated heterocycles. The first kappa shape index (κ1) is 44.0. The summed E-state index contributed by atoms with van der Waals surface area (Å²) < 4.78 is 17.8. The van der Waals surface area contributed by atoms with E-state index in [4.69, 9.17) is 29.3 Å². The summed E-state index contributed by atoms with van der Waals surface area (Å²) in [6.07, 6.45) is 22.7. The molecule has 0 aromatic heterocycles. The van der Waals surface area contributed by atoms with E-state index in [0.29, 0.717) is 0 Å². The van der Waals surface area contributed by atoms with Gasteiger partial charge >= 0.3 is 0 Å².